The van der Waals surface area contributed by atoms with Crippen LogP contribution in [0, 0.1) is 0 Å². The van der Waals surface area contributed by atoms with E-state index in [1.807, 2.05) is 0 Å². The quantitative estimate of drug-likeness (QED) is 0.624. The Morgan fingerprint density at radius 1 is 1.09 bits per heavy atom. The van der Waals surface area contributed by atoms with E-state index in [4.69, 9.17) is 4.74 Å². The molecule has 33 heavy (non-hydrogen) atoms. The molecule has 2 heterocycles. The molecule has 2 aromatic rings. The Labute approximate surface area is 196 Å². The lowest BCUT2D eigenvalue weighted by molar-refractivity contribution is -0.144. The number of aliphatic hydroxyl groups is 1. The molecule has 3 atom stereocenters. The van der Waals surface area contributed by atoms with E-state index < -0.39 is 28.1 Å². The summed E-state index contributed by atoms with van der Waals surface area (Å²) in [4.78, 5) is 14.6. The lowest BCUT2D eigenvalue weighted by atomic mass is 10.0. The van der Waals surface area contributed by atoms with E-state index in [9.17, 15) is 18.3 Å². The number of ether oxygens (including phenoxy) is 1. The van der Waals surface area contributed by atoms with Crippen LogP contribution in [0.5, 0.6) is 0 Å². The van der Waals surface area contributed by atoms with E-state index in [2.05, 4.69) is 36.1 Å². The molecule has 178 valence electrons. The summed E-state index contributed by atoms with van der Waals surface area (Å²) in [6.45, 7) is 4.43. The van der Waals surface area contributed by atoms with Crippen LogP contribution in [0.2, 0.25) is 0 Å². The van der Waals surface area contributed by atoms with E-state index in [-0.39, 0.29) is 17.9 Å². The largest absolute Gasteiger partial charge is 0.468 e. The molecule has 2 aliphatic heterocycles. The summed E-state index contributed by atoms with van der Waals surface area (Å²) in [6.07, 6.45) is 2.73. The van der Waals surface area contributed by atoms with Gasteiger partial charge in [-0.2, -0.15) is 4.31 Å². The molecule has 0 bridgehead atoms. The van der Waals surface area contributed by atoms with Crippen LogP contribution in [0.15, 0.2) is 53.4 Å². The minimum Gasteiger partial charge on any atom is -0.468 e. The third-order valence-electron chi connectivity index (χ3n) is 6.83. The molecule has 0 aromatic heterocycles. The Balaban J connectivity index is 1.45. The van der Waals surface area contributed by atoms with E-state index in [0.717, 1.165) is 28.4 Å². The summed E-state index contributed by atoms with van der Waals surface area (Å²) in [7, 11) is -2.72. The van der Waals surface area contributed by atoms with Gasteiger partial charge < -0.3 is 14.7 Å². The zero-order valence-corrected chi connectivity index (χ0v) is 20.0. The number of carbonyl (C=O) groups excluding carboxylic acids is 1. The van der Waals surface area contributed by atoms with Crippen molar-refractivity contribution in [2.75, 3.05) is 26.7 Å². The lowest BCUT2D eigenvalue weighted by Crippen LogP contribution is -2.41. The average molecular weight is 473 g/mol. The van der Waals surface area contributed by atoms with Crippen LogP contribution in [-0.4, -0.2) is 73.6 Å². The smallest absolute Gasteiger partial charge is 0.324 e. The summed E-state index contributed by atoms with van der Waals surface area (Å²) >= 11 is 0. The molecule has 2 saturated heterocycles. The van der Waals surface area contributed by atoms with Crippen LogP contribution in [0.4, 0.5) is 0 Å². The molecule has 2 fully saturated rings. The van der Waals surface area contributed by atoms with Crippen LogP contribution in [0.3, 0.4) is 0 Å². The van der Waals surface area contributed by atoms with Crippen molar-refractivity contribution in [3.63, 3.8) is 0 Å². The normalized spacial score (nSPS) is 24.3. The summed E-state index contributed by atoms with van der Waals surface area (Å²) in [5.74, 6) is -0.661. The number of hydrogen-bond acceptors (Lipinski definition) is 6. The molecule has 0 aliphatic carbocycles. The number of nitrogens with zero attached hydrogens (tertiary/aromatic N) is 2. The molecule has 0 amide bonds. The molecule has 3 unspecified atom stereocenters. The molecule has 0 saturated carbocycles. The maximum absolute atomic E-state index is 13.1. The fourth-order valence-corrected chi connectivity index (χ4v) is 6.44. The molecular formula is C25H32N2O5S. The fourth-order valence-electron chi connectivity index (χ4n) is 4.82. The Bertz CT molecular complexity index is 1070. The van der Waals surface area contributed by atoms with Crippen molar-refractivity contribution in [1.29, 1.82) is 0 Å². The second kappa shape index (κ2) is 9.93. The molecule has 4 rings (SSSR count). The van der Waals surface area contributed by atoms with Crippen LogP contribution >= 0.6 is 0 Å². The molecule has 0 spiro atoms. The van der Waals surface area contributed by atoms with Crippen molar-refractivity contribution in [2.24, 2.45) is 0 Å². The van der Waals surface area contributed by atoms with Crippen molar-refractivity contribution in [1.82, 2.24) is 9.21 Å². The van der Waals surface area contributed by atoms with E-state index >= 15 is 0 Å². The topological polar surface area (TPSA) is 87.1 Å². The van der Waals surface area contributed by atoms with Crippen molar-refractivity contribution in [3.05, 3.63) is 54.1 Å². The van der Waals surface area contributed by atoms with Gasteiger partial charge in [-0.1, -0.05) is 36.4 Å². The standard InChI is InChI=1S/C25H32N2O5S/c1-18-4-3-14-26(18)15-13-19-5-7-20(8-6-19)21-9-11-23(12-10-21)33(30,31)27-17-22(28)16-24(27)25(29)32-2/h5-12,18,22,24,28H,3-4,13-17H2,1-2H3. The predicted molar refractivity (Wildman–Crippen MR) is 126 cm³/mol. The maximum atomic E-state index is 13.1. The van der Waals surface area contributed by atoms with E-state index in [1.54, 1.807) is 24.3 Å². The monoisotopic (exact) mass is 472 g/mol. The van der Waals surface area contributed by atoms with Crippen LogP contribution in [0.1, 0.15) is 31.7 Å². The lowest BCUT2D eigenvalue weighted by Gasteiger charge is -2.22. The number of methoxy groups -OCH3 is 1. The third kappa shape index (κ3) is 5.14. The minimum atomic E-state index is -3.93. The van der Waals surface area contributed by atoms with Gasteiger partial charge in [-0.05, 0) is 61.6 Å². The second-order valence-electron chi connectivity index (χ2n) is 9.00. The van der Waals surface area contributed by atoms with Crippen molar-refractivity contribution < 1.29 is 23.1 Å². The predicted octanol–water partition coefficient (Wildman–Crippen LogP) is 2.68. The van der Waals surface area contributed by atoms with Gasteiger partial charge in [0.25, 0.3) is 0 Å². The van der Waals surface area contributed by atoms with Crippen molar-refractivity contribution in [3.8, 4) is 11.1 Å². The van der Waals surface area contributed by atoms with Crippen LogP contribution in [-0.2, 0) is 26.0 Å². The number of β-amino-alcohol motifs (C(OH)–C–C–N with tert-alkyl or cyclic N) is 1. The zero-order chi connectivity index (χ0) is 23.6. The molecule has 7 nitrogen and oxygen atoms in total. The Morgan fingerprint density at radius 3 is 2.30 bits per heavy atom. The Morgan fingerprint density at radius 2 is 1.73 bits per heavy atom. The molecular weight excluding hydrogens is 440 g/mol. The number of likely N-dealkylation sites (tertiary alicyclic amines) is 1. The third-order valence-corrected chi connectivity index (χ3v) is 8.72. The Hall–Kier alpha value is -2.26. The average Bonchev–Trinajstić information content (AvgIpc) is 3.43. The van der Waals surface area contributed by atoms with E-state index in [0.29, 0.717) is 6.04 Å². The number of benzene rings is 2. The van der Waals surface area contributed by atoms with E-state index in [1.165, 1.54) is 32.1 Å². The van der Waals surface area contributed by atoms with Crippen molar-refractivity contribution >= 4 is 16.0 Å². The summed E-state index contributed by atoms with van der Waals surface area (Å²) in [5, 5.41) is 9.94. The SMILES string of the molecule is COC(=O)C1CC(O)CN1S(=O)(=O)c1ccc(-c2ccc(CCN3CCCC3C)cc2)cc1. The van der Waals surface area contributed by atoms with Gasteiger partial charge in [-0.3, -0.25) is 4.79 Å². The van der Waals surface area contributed by atoms with Crippen molar-refractivity contribution in [2.45, 2.75) is 55.7 Å². The number of rotatable bonds is 7. The maximum Gasteiger partial charge on any atom is 0.324 e. The summed E-state index contributed by atoms with van der Waals surface area (Å²) in [6, 6.07) is 14.7. The zero-order valence-electron chi connectivity index (χ0n) is 19.2. The van der Waals surface area contributed by atoms with Gasteiger partial charge in [0, 0.05) is 25.6 Å². The highest BCUT2D eigenvalue weighted by atomic mass is 32.2. The highest BCUT2D eigenvalue weighted by molar-refractivity contribution is 7.89. The van der Waals surface area contributed by atoms with Gasteiger partial charge in [-0.15, -0.1) is 0 Å². The Kier molecular flexibility index (Phi) is 7.19. The molecule has 2 aromatic carbocycles. The summed E-state index contributed by atoms with van der Waals surface area (Å²) < 4.78 is 32.0. The van der Waals surface area contributed by atoms with Gasteiger partial charge >= 0.3 is 5.97 Å². The number of carbonyl (C=O) groups is 1. The highest BCUT2D eigenvalue weighted by Gasteiger charge is 2.44. The first-order chi connectivity index (χ1) is 15.8. The second-order valence-corrected chi connectivity index (χ2v) is 10.9. The first kappa shape index (κ1) is 23.9. The minimum absolute atomic E-state index is 0.0347. The van der Waals surface area contributed by atoms with Crippen LogP contribution in [0.25, 0.3) is 11.1 Å². The van der Waals surface area contributed by atoms with Crippen LogP contribution < -0.4 is 0 Å². The molecule has 8 heteroatoms. The molecule has 0 radical (unpaired) electrons. The number of esters is 1. The van der Waals surface area contributed by atoms with Gasteiger partial charge in [0.1, 0.15) is 6.04 Å². The van der Waals surface area contributed by atoms with Gasteiger partial charge in [-0.25, -0.2) is 8.42 Å². The number of aliphatic hydroxyl groups excluding tert-OH is 1. The summed E-state index contributed by atoms with van der Waals surface area (Å²) in [5.41, 5.74) is 3.22. The molecule has 1 N–H and O–H groups in total. The molecule has 2 aliphatic rings. The first-order valence-electron chi connectivity index (χ1n) is 11.5. The number of hydrogen-bond donors (Lipinski definition) is 1. The fraction of sp³-hybridized carbons (Fsp3) is 0.480. The van der Waals surface area contributed by atoms with Gasteiger partial charge in [0.15, 0.2) is 0 Å². The van der Waals surface area contributed by atoms with Gasteiger partial charge in [0.05, 0.1) is 18.1 Å². The number of sulfonamides is 1. The first-order valence-corrected chi connectivity index (χ1v) is 12.9. The van der Waals surface area contributed by atoms with Gasteiger partial charge in [0.2, 0.25) is 10.0 Å². The highest BCUT2D eigenvalue weighted by Crippen LogP contribution is 2.29.